The number of hydrogen-bond donors (Lipinski definition) is 2. The summed E-state index contributed by atoms with van der Waals surface area (Å²) in [7, 11) is 3.19. The molecule has 6 heteroatoms. The fourth-order valence-electron chi connectivity index (χ4n) is 1.66. The maximum absolute atomic E-state index is 9.60. The van der Waals surface area contributed by atoms with E-state index in [1.807, 2.05) is 18.2 Å². The second-order valence-electron chi connectivity index (χ2n) is 4.31. The van der Waals surface area contributed by atoms with Gasteiger partial charge < -0.3 is 24.6 Å². The third-order valence-corrected chi connectivity index (χ3v) is 3.00. The van der Waals surface area contributed by atoms with Crippen LogP contribution in [0.15, 0.2) is 18.2 Å². The van der Waals surface area contributed by atoms with Crippen molar-refractivity contribution in [3.8, 4) is 5.75 Å². The summed E-state index contributed by atoms with van der Waals surface area (Å²) < 4.78 is 15.4. The highest BCUT2D eigenvalue weighted by molar-refractivity contribution is 6.31. The van der Waals surface area contributed by atoms with E-state index < -0.39 is 6.10 Å². The van der Waals surface area contributed by atoms with Gasteiger partial charge in [-0.05, 0) is 12.1 Å². The third kappa shape index (κ3) is 6.07. The van der Waals surface area contributed by atoms with Crippen molar-refractivity contribution < 1.29 is 19.3 Å². The number of hydrogen-bond acceptors (Lipinski definition) is 5. The predicted molar refractivity (Wildman–Crippen MR) is 78.4 cm³/mol. The van der Waals surface area contributed by atoms with Gasteiger partial charge in [0, 0.05) is 37.9 Å². The minimum Gasteiger partial charge on any atom is -0.490 e. The van der Waals surface area contributed by atoms with E-state index in [1.165, 1.54) is 7.11 Å². The summed E-state index contributed by atoms with van der Waals surface area (Å²) in [4.78, 5) is 0. The molecular formula is C14H22ClNO4. The molecule has 0 spiro atoms. The molecule has 0 aromatic heterocycles. The molecule has 114 valence electrons. The Kier molecular flexibility index (Phi) is 8.57. The van der Waals surface area contributed by atoms with E-state index >= 15 is 0 Å². The number of methoxy groups -OCH3 is 2. The summed E-state index contributed by atoms with van der Waals surface area (Å²) in [6.45, 7) is 2.35. The molecule has 5 nitrogen and oxygen atoms in total. The van der Waals surface area contributed by atoms with Crippen LogP contribution in [0.5, 0.6) is 5.75 Å². The molecule has 0 amide bonds. The van der Waals surface area contributed by atoms with Gasteiger partial charge in [-0.2, -0.15) is 0 Å². The van der Waals surface area contributed by atoms with E-state index in [4.69, 9.17) is 25.8 Å². The van der Waals surface area contributed by atoms with Gasteiger partial charge in [0.05, 0.1) is 13.2 Å². The van der Waals surface area contributed by atoms with Crippen molar-refractivity contribution in [1.82, 2.24) is 5.32 Å². The number of nitrogens with one attached hydrogen (secondary N) is 1. The smallest absolute Gasteiger partial charge is 0.125 e. The second-order valence-corrected chi connectivity index (χ2v) is 4.71. The van der Waals surface area contributed by atoms with Crippen LogP contribution >= 0.6 is 11.6 Å². The van der Waals surface area contributed by atoms with Gasteiger partial charge in [-0.25, -0.2) is 0 Å². The molecule has 0 aliphatic rings. The number of aliphatic hydroxyl groups is 1. The van der Waals surface area contributed by atoms with Crippen LogP contribution in [0.25, 0.3) is 0 Å². The Labute approximate surface area is 124 Å². The van der Waals surface area contributed by atoms with Gasteiger partial charge in [0.15, 0.2) is 0 Å². The van der Waals surface area contributed by atoms with Crippen molar-refractivity contribution in [2.75, 3.05) is 40.6 Å². The molecule has 0 fully saturated rings. The van der Waals surface area contributed by atoms with Gasteiger partial charge in [-0.1, -0.05) is 17.7 Å². The highest BCUT2D eigenvalue weighted by Crippen LogP contribution is 2.26. The van der Waals surface area contributed by atoms with Crippen LogP contribution in [-0.4, -0.2) is 51.8 Å². The Morgan fingerprint density at radius 2 is 2.05 bits per heavy atom. The lowest BCUT2D eigenvalue weighted by Crippen LogP contribution is -2.24. The Hall–Kier alpha value is -0.850. The standard InChI is InChI=1S/C14H22ClNO4/c1-18-7-6-16-8-12-13(15)4-3-5-14(12)20-10-11(17)9-19-2/h3-5,11,16-17H,6-10H2,1-2H3. The molecule has 0 saturated carbocycles. The normalized spacial score (nSPS) is 12.4. The number of rotatable bonds is 10. The van der Waals surface area contributed by atoms with E-state index in [-0.39, 0.29) is 13.2 Å². The molecule has 0 aliphatic heterocycles. The zero-order chi connectivity index (χ0) is 14.8. The van der Waals surface area contributed by atoms with E-state index in [0.29, 0.717) is 23.9 Å². The van der Waals surface area contributed by atoms with Gasteiger partial charge in [0.1, 0.15) is 18.5 Å². The molecule has 1 unspecified atom stereocenters. The number of aliphatic hydroxyl groups excluding tert-OH is 1. The van der Waals surface area contributed by atoms with Crippen LogP contribution in [-0.2, 0) is 16.0 Å². The average Bonchev–Trinajstić information content (AvgIpc) is 2.43. The fourth-order valence-corrected chi connectivity index (χ4v) is 1.89. The molecule has 0 heterocycles. The molecule has 2 N–H and O–H groups in total. The number of halogens is 1. The molecule has 0 aliphatic carbocycles. The summed E-state index contributed by atoms with van der Waals surface area (Å²) in [6, 6.07) is 5.46. The SMILES string of the molecule is COCCNCc1c(Cl)cccc1OCC(O)COC. The van der Waals surface area contributed by atoms with Crippen molar-refractivity contribution in [3.05, 3.63) is 28.8 Å². The van der Waals surface area contributed by atoms with E-state index in [0.717, 1.165) is 12.1 Å². The van der Waals surface area contributed by atoms with E-state index in [1.54, 1.807) is 7.11 Å². The highest BCUT2D eigenvalue weighted by Gasteiger charge is 2.10. The van der Waals surface area contributed by atoms with Gasteiger partial charge in [0.25, 0.3) is 0 Å². The van der Waals surface area contributed by atoms with Crippen molar-refractivity contribution in [3.63, 3.8) is 0 Å². The van der Waals surface area contributed by atoms with Crippen molar-refractivity contribution in [2.45, 2.75) is 12.6 Å². The number of ether oxygens (including phenoxy) is 3. The Bertz CT molecular complexity index is 389. The lowest BCUT2D eigenvalue weighted by atomic mass is 10.2. The first-order valence-electron chi connectivity index (χ1n) is 6.46. The zero-order valence-electron chi connectivity index (χ0n) is 11.9. The average molecular weight is 304 g/mol. The highest BCUT2D eigenvalue weighted by atomic mass is 35.5. The first-order chi connectivity index (χ1) is 9.69. The van der Waals surface area contributed by atoms with Crippen LogP contribution in [0.3, 0.4) is 0 Å². The van der Waals surface area contributed by atoms with Crippen molar-refractivity contribution >= 4 is 11.6 Å². The predicted octanol–water partition coefficient (Wildman–Crippen LogP) is 1.46. The second kappa shape index (κ2) is 9.96. The summed E-state index contributed by atoms with van der Waals surface area (Å²) in [5.41, 5.74) is 0.870. The summed E-state index contributed by atoms with van der Waals surface area (Å²) >= 11 is 6.18. The molecule has 0 radical (unpaired) electrons. The van der Waals surface area contributed by atoms with Crippen LogP contribution < -0.4 is 10.1 Å². The monoisotopic (exact) mass is 303 g/mol. The Morgan fingerprint density at radius 1 is 1.25 bits per heavy atom. The molecule has 1 aromatic rings. The molecule has 20 heavy (non-hydrogen) atoms. The van der Waals surface area contributed by atoms with Crippen LogP contribution in [0.4, 0.5) is 0 Å². The first-order valence-corrected chi connectivity index (χ1v) is 6.83. The topological polar surface area (TPSA) is 60.0 Å². The Morgan fingerprint density at radius 3 is 2.75 bits per heavy atom. The van der Waals surface area contributed by atoms with E-state index in [9.17, 15) is 5.11 Å². The van der Waals surface area contributed by atoms with Gasteiger partial charge in [-0.15, -0.1) is 0 Å². The van der Waals surface area contributed by atoms with Gasteiger partial charge in [0.2, 0.25) is 0 Å². The van der Waals surface area contributed by atoms with Crippen molar-refractivity contribution in [2.24, 2.45) is 0 Å². The lowest BCUT2D eigenvalue weighted by Gasteiger charge is -2.16. The van der Waals surface area contributed by atoms with Crippen molar-refractivity contribution in [1.29, 1.82) is 0 Å². The van der Waals surface area contributed by atoms with E-state index in [2.05, 4.69) is 5.32 Å². The quantitative estimate of drug-likeness (QED) is 0.641. The minimum absolute atomic E-state index is 0.166. The molecule has 1 aromatic carbocycles. The summed E-state index contributed by atoms with van der Waals surface area (Å²) in [5.74, 6) is 0.664. The minimum atomic E-state index is -0.659. The molecule has 1 atom stereocenters. The van der Waals surface area contributed by atoms with Crippen LogP contribution in [0.2, 0.25) is 5.02 Å². The van der Waals surface area contributed by atoms with Crippen LogP contribution in [0, 0.1) is 0 Å². The zero-order valence-corrected chi connectivity index (χ0v) is 12.7. The molecule has 1 rings (SSSR count). The first kappa shape index (κ1) is 17.2. The Balaban J connectivity index is 2.58. The maximum atomic E-state index is 9.60. The maximum Gasteiger partial charge on any atom is 0.125 e. The lowest BCUT2D eigenvalue weighted by molar-refractivity contribution is 0.0323. The molecular weight excluding hydrogens is 282 g/mol. The molecule has 0 bridgehead atoms. The molecule has 0 saturated heterocycles. The largest absolute Gasteiger partial charge is 0.490 e. The third-order valence-electron chi connectivity index (χ3n) is 2.65. The summed E-state index contributed by atoms with van der Waals surface area (Å²) in [5, 5.41) is 13.5. The van der Waals surface area contributed by atoms with Gasteiger partial charge >= 0.3 is 0 Å². The summed E-state index contributed by atoms with van der Waals surface area (Å²) in [6.07, 6.45) is -0.659. The van der Waals surface area contributed by atoms with Crippen LogP contribution in [0.1, 0.15) is 5.56 Å². The fraction of sp³-hybridized carbons (Fsp3) is 0.571. The number of benzene rings is 1. The van der Waals surface area contributed by atoms with Gasteiger partial charge in [-0.3, -0.25) is 0 Å².